The molecule has 0 radical (unpaired) electrons. The standard InChI is InChI=1S/C13H18O5/c1-7(14)8(4-11(17)18)12-9(15)5-13(2,3)6-10(12)16/h8,15H,4-6H2,1-3H3,(H,17,18)/p-1/t8-/m1/s1. The molecule has 0 aromatic heterocycles. The lowest BCUT2D eigenvalue weighted by molar-refractivity contribution is -0.306. The van der Waals surface area contributed by atoms with Crippen LogP contribution in [0.15, 0.2) is 11.3 Å². The Hall–Kier alpha value is -1.65. The SMILES string of the molecule is CC(=O)[C@@H](CC(=O)[O-])C1=C(O)CC(C)(C)CC1=O. The van der Waals surface area contributed by atoms with E-state index in [0.717, 1.165) is 0 Å². The van der Waals surface area contributed by atoms with Crippen molar-refractivity contribution in [1.82, 2.24) is 0 Å². The molecule has 0 amide bonds. The Labute approximate surface area is 105 Å². The summed E-state index contributed by atoms with van der Waals surface area (Å²) in [7, 11) is 0. The smallest absolute Gasteiger partial charge is 0.163 e. The van der Waals surface area contributed by atoms with Crippen LogP contribution >= 0.6 is 0 Å². The summed E-state index contributed by atoms with van der Waals surface area (Å²) in [4.78, 5) is 34.0. The van der Waals surface area contributed by atoms with Crippen molar-refractivity contribution in [3.8, 4) is 0 Å². The van der Waals surface area contributed by atoms with Crippen LogP contribution in [0.25, 0.3) is 0 Å². The number of hydrogen-bond acceptors (Lipinski definition) is 5. The molecule has 0 aromatic rings. The third-order valence-electron chi connectivity index (χ3n) is 3.11. The molecule has 5 heteroatoms. The molecule has 0 heterocycles. The predicted molar refractivity (Wildman–Crippen MR) is 61.5 cm³/mol. The van der Waals surface area contributed by atoms with Crippen LogP contribution in [-0.2, 0) is 14.4 Å². The second-order valence-electron chi connectivity index (χ2n) is 5.54. The average molecular weight is 253 g/mol. The normalized spacial score (nSPS) is 20.7. The molecule has 1 rings (SSSR count). The zero-order valence-electron chi connectivity index (χ0n) is 10.8. The largest absolute Gasteiger partial charge is 0.550 e. The summed E-state index contributed by atoms with van der Waals surface area (Å²) < 4.78 is 0. The van der Waals surface area contributed by atoms with Crippen LogP contribution in [0.4, 0.5) is 0 Å². The number of carboxylic acids is 1. The first kappa shape index (κ1) is 14.4. The molecule has 0 spiro atoms. The molecule has 0 fully saturated rings. The minimum absolute atomic E-state index is 0.0500. The summed E-state index contributed by atoms with van der Waals surface area (Å²) in [6.07, 6.45) is -0.102. The summed E-state index contributed by atoms with van der Waals surface area (Å²) in [6.45, 7) is 4.87. The fourth-order valence-corrected chi connectivity index (χ4v) is 2.31. The summed E-state index contributed by atoms with van der Waals surface area (Å²) >= 11 is 0. The van der Waals surface area contributed by atoms with E-state index in [0.29, 0.717) is 0 Å². The third-order valence-corrected chi connectivity index (χ3v) is 3.11. The molecule has 1 aliphatic rings. The van der Waals surface area contributed by atoms with Crippen molar-refractivity contribution in [3.05, 3.63) is 11.3 Å². The van der Waals surface area contributed by atoms with Gasteiger partial charge in [0.15, 0.2) is 5.78 Å². The van der Waals surface area contributed by atoms with E-state index in [1.165, 1.54) is 6.92 Å². The van der Waals surface area contributed by atoms with Crippen molar-refractivity contribution in [2.45, 2.75) is 40.0 Å². The highest BCUT2D eigenvalue weighted by Gasteiger charge is 2.37. The Balaban J connectivity index is 3.15. The molecule has 0 aromatic carbocycles. The maximum Gasteiger partial charge on any atom is 0.163 e. The molecular weight excluding hydrogens is 236 g/mol. The van der Waals surface area contributed by atoms with Crippen molar-refractivity contribution in [2.24, 2.45) is 11.3 Å². The van der Waals surface area contributed by atoms with E-state index in [1.807, 2.05) is 13.8 Å². The molecule has 0 saturated heterocycles. The number of aliphatic carboxylic acids is 1. The van der Waals surface area contributed by atoms with E-state index in [2.05, 4.69) is 0 Å². The Morgan fingerprint density at radius 3 is 2.33 bits per heavy atom. The molecular formula is C13H17O5-. The topological polar surface area (TPSA) is 94.5 Å². The zero-order chi connectivity index (χ0) is 14.1. The maximum atomic E-state index is 12.0. The van der Waals surface area contributed by atoms with Gasteiger partial charge in [0.25, 0.3) is 0 Å². The van der Waals surface area contributed by atoms with Crippen LogP contribution in [0.2, 0.25) is 0 Å². The lowest BCUT2D eigenvalue weighted by Gasteiger charge is -2.32. The Morgan fingerprint density at radius 1 is 1.39 bits per heavy atom. The maximum absolute atomic E-state index is 12.0. The number of aliphatic hydroxyl groups excluding tert-OH is 1. The molecule has 1 aliphatic carbocycles. The van der Waals surface area contributed by atoms with Gasteiger partial charge in [0.1, 0.15) is 11.5 Å². The molecule has 5 nitrogen and oxygen atoms in total. The lowest BCUT2D eigenvalue weighted by Crippen LogP contribution is -2.35. The van der Waals surface area contributed by atoms with Crippen LogP contribution in [0.5, 0.6) is 0 Å². The van der Waals surface area contributed by atoms with E-state index in [1.54, 1.807) is 0 Å². The van der Waals surface area contributed by atoms with Crippen molar-refractivity contribution in [2.75, 3.05) is 0 Å². The average Bonchev–Trinajstić information content (AvgIpc) is 2.11. The Morgan fingerprint density at radius 2 is 1.94 bits per heavy atom. The molecule has 0 bridgehead atoms. The van der Waals surface area contributed by atoms with Gasteiger partial charge in [-0.15, -0.1) is 0 Å². The minimum atomic E-state index is -1.41. The second-order valence-corrected chi connectivity index (χ2v) is 5.54. The molecule has 0 aliphatic heterocycles. The van der Waals surface area contributed by atoms with Gasteiger partial charge in [-0.25, -0.2) is 0 Å². The molecule has 100 valence electrons. The fourth-order valence-electron chi connectivity index (χ4n) is 2.31. The quantitative estimate of drug-likeness (QED) is 0.788. The number of hydrogen-bond donors (Lipinski definition) is 1. The van der Waals surface area contributed by atoms with Gasteiger partial charge >= 0.3 is 0 Å². The van der Waals surface area contributed by atoms with Gasteiger partial charge < -0.3 is 15.0 Å². The number of carboxylic acid groups (broad SMARTS) is 1. The summed E-state index contributed by atoms with van der Waals surface area (Å²) in [5, 5.41) is 20.5. The summed E-state index contributed by atoms with van der Waals surface area (Å²) in [5.74, 6) is -3.48. The highest BCUT2D eigenvalue weighted by Crippen LogP contribution is 2.38. The zero-order valence-corrected chi connectivity index (χ0v) is 10.8. The number of carbonyl (C=O) groups is 3. The number of rotatable bonds is 4. The highest BCUT2D eigenvalue weighted by molar-refractivity contribution is 6.03. The molecule has 0 saturated carbocycles. The highest BCUT2D eigenvalue weighted by atomic mass is 16.4. The Kier molecular flexibility index (Phi) is 3.94. The van der Waals surface area contributed by atoms with Crippen molar-refractivity contribution in [1.29, 1.82) is 0 Å². The van der Waals surface area contributed by atoms with Gasteiger partial charge in [0, 0.05) is 30.8 Å². The van der Waals surface area contributed by atoms with E-state index in [4.69, 9.17) is 0 Å². The van der Waals surface area contributed by atoms with Crippen molar-refractivity contribution < 1.29 is 24.6 Å². The number of Topliss-reactive ketones (excluding diaryl/α,β-unsaturated/α-hetero) is 2. The molecule has 18 heavy (non-hydrogen) atoms. The monoisotopic (exact) mass is 253 g/mol. The number of carbonyl (C=O) groups excluding carboxylic acids is 3. The first-order valence-corrected chi connectivity index (χ1v) is 5.79. The predicted octanol–water partition coefficient (Wildman–Crippen LogP) is 0.533. The lowest BCUT2D eigenvalue weighted by atomic mass is 9.72. The molecule has 1 atom stereocenters. The minimum Gasteiger partial charge on any atom is -0.550 e. The van der Waals surface area contributed by atoms with E-state index in [9.17, 15) is 24.6 Å². The van der Waals surface area contributed by atoms with Crippen LogP contribution in [0.1, 0.15) is 40.0 Å². The Bertz CT molecular complexity index is 431. The molecule has 0 unspecified atom stereocenters. The van der Waals surface area contributed by atoms with Gasteiger partial charge in [0.2, 0.25) is 0 Å². The number of allylic oxidation sites excluding steroid dienone is 2. The van der Waals surface area contributed by atoms with Crippen molar-refractivity contribution in [3.63, 3.8) is 0 Å². The van der Waals surface area contributed by atoms with Crippen LogP contribution in [0, 0.1) is 11.3 Å². The number of aliphatic hydroxyl groups is 1. The third kappa shape index (κ3) is 3.18. The van der Waals surface area contributed by atoms with Crippen LogP contribution in [-0.4, -0.2) is 22.6 Å². The van der Waals surface area contributed by atoms with Gasteiger partial charge in [-0.1, -0.05) is 13.8 Å². The van der Waals surface area contributed by atoms with Gasteiger partial charge in [0.05, 0.1) is 5.92 Å². The van der Waals surface area contributed by atoms with Crippen LogP contribution < -0.4 is 5.11 Å². The first-order valence-electron chi connectivity index (χ1n) is 5.79. The van der Waals surface area contributed by atoms with Gasteiger partial charge in [-0.3, -0.25) is 9.59 Å². The summed E-state index contributed by atoms with van der Waals surface area (Å²) in [5.41, 5.74) is -0.418. The van der Waals surface area contributed by atoms with E-state index in [-0.39, 0.29) is 35.4 Å². The summed E-state index contributed by atoms with van der Waals surface area (Å²) in [6, 6.07) is 0. The van der Waals surface area contributed by atoms with Gasteiger partial charge in [-0.05, 0) is 12.3 Å². The van der Waals surface area contributed by atoms with Crippen LogP contribution in [0.3, 0.4) is 0 Å². The van der Waals surface area contributed by atoms with Crippen molar-refractivity contribution >= 4 is 17.5 Å². The first-order chi connectivity index (χ1) is 8.14. The second kappa shape index (κ2) is 4.92. The van der Waals surface area contributed by atoms with E-state index < -0.39 is 24.1 Å². The van der Waals surface area contributed by atoms with Gasteiger partial charge in [-0.2, -0.15) is 0 Å². The van der Waals surface area contributed by atoms with E-state index >= 15 is 0 Å². The number of ketones is 2. The molecule has 1 N–H and O–H groups in total. The fraction of sp³-hybridized carbons (Fsp3) is 0.615.